The Kier molecular flexibility index (Phi) is 7.27. The van der Waals surface area contributed by atoms with Crippen LogP contribution >= 0.6 is 11.6 Å². The first-order valence-electron chi connectivity index (χ1n) is 6.56. The molecule has 1 atom stereocenters. The largest absolute Gasteiger partial charge is 0.207 e. The van der Waals surface area contributed by atoms with Crippen molar-refractivity contribution in [3.8, 4) is 0 Å². The SMILES string of the molecule is CCCCCCC(CCl)Cc1ccc(F)cc1. The van der Waals surface area contributed by atoms with Gasteiger partial charge in [0, 0.05) is 5.88 Å². The molecule has 17 heavy (non-hydrogen) atoms. The van der Waals surface area contributed by atoms with Crippen LogP contribution in [0, 0.1) is 11.7 Å². The average molecular weight is 257 g/mol. The summed E-state index contributed by atoms with van der Waals surface area (Å²) in [5.74, 6) is 1.06. The molecule has 0 nitrogen and oxygen atoms in total. The Hall–Kier alpha value is -0.560. The first-order chi connectivity index (χ1) is 8.26. The molecule has 0 aliphatic heterocycles. The van der Waals surface area contributed by atoms with Gasteiger partial charge in [0.25, 0.3) is 0 Å². The highest BCUT2D eigenvalue weighted by Crippen LogP contribution is 2.18. The summed E-state index contributed by atoms with van der Waals surface area (Å²) in [4.78, 5) is 0. The van der Waals surface area contributed by atoms with Crippen molar-refractivity contribution < 1.29 is 4.39 Å². The summed E-state index contributed by atoms with van der Waals surface area (Å²) in [5, 5.41) is 0. The van der Waals surface area contributed by atoms with E-state index in [0.717, 1.165) is 6.42 Å². The number of hydrogen-bond donors (Lipinski definition) is 0. The van der Waals surface area contributed by atoms with Crippen LogP contribution in [0.3, 0.4) is 0 Å². The molecule has 0 aliphatic carbocycles. The van der Waals surface area contributed by atoms with Crippen molar-refractivity contribution in [2.75, 3.05) is 5.88 Å². The summed E-state index contributed by atoms with van der Waals surface area (Å²) >= 11 is 5.99. The molecule has 0 heterocycles. The van der Waals surface area contributed by atoms with Gasteiger partial charge in [-0.1, -0.05) is 44.7 Å². The Morgan fingerprint density at radius 1 is 1.12 bits per heavy atom. The second-order valence-electron chi connectivity index (χ2n) is 4.70. The Morgan fingerprint density at radius 3 is 2.41 bits per heavy atom. The van der Waals surface area contributed by atoms with Crippen LogP contribution in [-0.4, -0.2) is 5.88 Å². The number of unbranched alkanes of at least 4 members (excludes halogenated alkanes) is 3. The fourth-order valence-corrected chi connectivity index (χ4v) is 2.31. The minimum absolute atomic E-state index is 0.167. The lowest BCUT2D eigenvalue weighted by molar-refractivity contribution is 0.491. The standard InChI is InChI=1S/C15H22ClF/c1-2-3-4-5-6-14(12-16)11-13-7-9-15(17)10-8-13/h7-10,14H,2-6,11-12H2,1H3. The molecule has 1 unspecified atom stereocenters. The zero-order chi connectivity index (χ0) is 12.5. The number of rotatable bonds is 8. The van der Waals surface area contributed by atoms with Crippen molar-refractivity contribution >= 4 is 11.6 Å². The lowest BCUT2D eigenvalue weighted by atomic mass is 9.95. The Balaban J connectivity index is 2.33. The fraction of sp³-hybridized carbons (Fsp3) is 0.600. The highest BCUT2D eigenvalue weighted by atomic mass is 35.5. The zero-order valence-corrected chi connectivity index (χ0v) is 11.3. The van der Waals surface area contributed by atoms with Crippen molar-refractivity contribution in [3.63, 3.8) is 0 Å². The molecular weight excluding hydrogens is 235 g/mol. The van der Waals surface area contributed by atoms with E-state index in [0.29, 0.717) is 11.8 Å². The van der Waals surface area contributed by atoms with E-state index in [4.69, 9.17) is 11.6 Å². The Bertz CT molecular complexity index is 294. The zero-order valence-electron chi connectivity index (χ0n) is 10.6. The van der Waals surface area contributed by atoms with Gasteiger partial charge in [0.15, 0.2) is 0 Å². The first-order valence-corrected chi connectivity index (χ1v) is 7.10. The van der Waals surface area contributed by atoms with Crippen LogP contribution in [0.4, 0.5) is 4.39 Å². The summed E-state index contributed by atoms with van der Waals surface area (Å²) in [7, 11) is 0. The minimum Gasteiger partial charge on any atom is -0.207 e. The van der Waals surface area contributed by atoms with E-state index in [9.17, 15) is 4.39 Å². The van der Waals surface area contributed by atoms with Gasteiger partial charge in [0.05, 0.1) is 0 Å². The molecule has 0 radical (unpaired) electrons. The van der Waals surface area contributed by atoms with Crippen LogP contribution in [0.2, 0.25) is 0 Å². The predicted octanol–water partition coefficient (Wildman–Crippen LogP) is 5.19. The topological polar surface area (TPSA) is 0 Å². The summed E-state index contributed by atoms with van der Waals surface area (Å²) in [6.45, 7) is 2.22. The van der Waals surface area contributed by atoms with Crippen molar-refractivity contribution in [1.29, 1.82) is 0 Å². The van der Waals surface area contributed by atoms with Crippen molar-refractivity contribution in [3.05, 3.63) is 35.6 Å². The van der Waals surface area contributed by atoms with Crippen LogP contribution in [0.15, 0.2) is 24.3 Å². The molecule has 0 spiro atoms. The molecule has 1 aromatic carbocycles. The van der Waals surface area contributed by atoms with Crippen LogP contribution in [-0.2, 0) is 6.42 Å². The maximum absolute atomic E-state index is 12.8. The van der Waals surface area contributed by atoms with Gasteiger partial charge in [-0.15, -0.1) is 11.6 Å². The maximum atomic E-state index is 12.8. The molecule has 1 rings (SSSR count). The van der Waals surface area contributed by atoms with Crippen LogP contribution < -0.4 is 0 Å². The van der Waals surface area contributed by atoms with Crippen molar-refractivity contribution in [2.45, 2.75) is 45.4 Å². The predicted molar refractivity (Wildman–Crippen MR) is 73.1 cm³/mol. The van der Waals surface area contributed by atoms with Gasteiger partial charge in [-0.2, -0.15) is 0 Å². The lowest BCUT2D eigenvalue weighted by Gasteiger charge is -2.13. The normalized spacial score (nSPS) is 12.6. The first kappa shape index (κ1) is 14.5. The third kappa shape index (κ3) is 6.07. The molecule has 0 fully saturated rings. The van der Waals surface area contributed by atoms with Crippen LogP contribution in [0.5, 0.6) is 0 Å². The van der Waals surface area contributed by atoms with Crippen molar-refractivity contribution in [1.82, 2.24) is 0 Å². The van der Waals surface area contributed by atoms with E-state index in [2.05, 4.69) is 6.92 Å². The second kappa shape index (κ2) is 8.52. The van der Waals surface area contributed by atoms with E-state index in [1.54, 1.807) is 0 Å². The number of halogens is 2. The molecule has 0 aromatic heterocycles. The molecule has 0 aliphatic rings. The van der Waals surface area contributed by atoms with Gasteiger partial charge in [-0.3, -0.25) is 0 Å². The quantitative estimate of drug-likeness (QED) is 0.443. The molecule has 0 saturated heterocycles. The molecule has 0 bridgehead atoms. The average Bonchev–Trinajstić information content (AvgIpc) is 2.35. The fourth-order valence-electron chi connectivity index (χ4n) is 2.05. The number of hydrogen-bond acceptors (Lipinski definition) is 0. The van der Waals surface area contributed by atoms with E-state index in [1.165, 1.54) is 49.8 Å². The number of benzene rings is 1. The number of alkyl halides is 1. The summed E-state index contributed by atoms with van der Waals surface area (Å²) in [6.07, 6.45) is 7.28. The maximum Gasteiger partial charge on any atom is 0.123 e. The highest BCUT2D eigenvalue weighted by molar-refractivity contribution is 6.18. The van der Waals surface area contributed by atoms with E-state index < -0.39 is 0 Å². The van der Waals surface area contributed by atoms with Gasteiger partial charge >= 0.3 is 0 Å². The summed E-state index contributed by atoms with van der Waals surface area (Å²) in [6, 6.07) is 6.78. The third-order valence-electron chi connectivity index (χ3n) is 3.12. The van der Waals surface area contributed by atoms with Gasteiger partial charge in [-0.05, 0) is 36.5 Å². The molecular formula is C15H22ClF. The highest BCUT2D eigenvalue weighted by Gasteiger charge is 2.08. The summed E-state index contributed by atoms with van der Waals surface area (Å²) < 4.78 is 12.8. The van der Waals surface area contributed by atoms with Crippen LogP contribution in [0.25, 0.3) is 0 Å². The molecule has 0 N–H and O–H groups in total. The molecule has 2 heteroatoms. The van der Waals surface area contributed by atoms with Crippen LogP contribution in [0.1, 0.15) is 44.6 Å². The van der Waals surface area contributed by atoms with Gasteiger partial charge in [0.1, 0.15) is 5.82 Å². The summed E-state index contributed by atoms with van der Waals surface area (Å²) in [5.41, 5.74) is 1.19. The Labute approximate surface area is 109 Å². The van der Waals surface area contributed by atoms with Crippen molar-refractivity contribution in [2.24, 2.45) is 5.92 Å². The van der Waals surface area contributed by atoms with Gasteiger partial charge < -0.3 is 0 Å². The molecule has 0 saturated carbocycles. The van der Waals surface area contributed by atoms with Gasteiger partial charge in [0.2, 0.25) is 0 Å². The Morgan fingerprint density at radius 2 is 1.82 bits per heavy atom. The minimum atomic E-state index is -0.167. The lowest BCUT2D eigenvalue weighted by Crippen LogP contribution is -2.06. The monoisotopic (exact) mass is 256 g/mol. The van der Waals surface area contributed by atoms with E-state index in [1.807, 2.05) is 12.1 Å². The van der Waals surface area contributed by atoms with E-state index >= 15 is 0 Å². The molecule has 0 amide bonds. The second-order valence-corrected chi connectivity index (χ2v) is 5.01. The van der Waals surface area contributed by atoms with Gasteiger partial charge in [-0.25, -0.2) is 4.39 Å². The van der Waals surface area contributed by atoms with E-state index in [-0.39, 0.29) is 5.82 Å². The third-order valence-corrected chi connectivity index (χ3v) is 3.56. The molecule has 1 aromatic rings. The smallest absolute Gasteiger partial charge is 0.123 e. The molecule has 96 valence electrons.